The van der Waals surface area contributed by atoms with E-state index in [9.17, 15) is 20.1 Å². The van der Waals surface area contributed by atoms with Crippen LogP contribution in [0.1, 0.15) is 25.3 Å². The molecule has 2 aliphatic rings. The van der Waals surface area contributed by atoms with Crippen molar-refractivity contribution in [3.63, 3.8) is 0 Å². The van der Waals surface area contributed by atoms with Gasteiger partial charge in [0.2, 0.25) is 0 Å². The summed E-state index contributed by atoms with van der Waals surface area (Å²) in [6.07, 6.45) is 3.93. The first-order valence-electron chi connectivity index (χ1n) is 7.55. The van der Waals surface area contributed by atoms with Gasteiger partial charge in [0, 0.05) is 24.4 Å². The number of nitrogens with zero attached hydrogens (tertiary/aromatic N) is 1. The molecule has 1 aromatic rings. The first kappa shape index (κ1) is 15.2. The number of phenols is 1. The van der Waals surface area contributed by atoms with E-state index in [4.69, 9.17) is 0 Å². The van der Waals surface area contributed by atoms with E-state index in [2.05, 4.69) is 4.90 Å². The zero-order chi connectivity index (χ0) is 16.6. The summed E-state index contributed by atoms with van der Waals surface area (Å²) in [6.45, 7) is 2.52. The van der Waals surface area contributed by atoms with Crippen molar-refractivity contribution in [2.75, 3.05) is 0 Å². The van der Waals surface area contributed by atoms with Crippen LogP contribution in [0.15, 0.2) is 59.0 Å². The molecule has 0 saturated carbocycles. The molecule has 120 valence electrons. The third kappa shape index (κ3) is 2.95. The number of carboxylic acids is 1. The average molecular weight is 313 g/mol. The minimum absolute atomic E-state index is 0.00101. The summed E-state index contributed by atoms with van der Waals surface area (Å²) in [5.74, 6) is -0.446. The van der Waals surface area contributed by atoms with E-state index in [-0.39, 0.29) is 24.0 Å². The van der Waals surface area contributed by atoms with E-state index in [1.54, 1.807) is 30.4 Å². The summed E-state index contributed by atoms with van der Waals surface area (Å²) in [5, 5.41) is 28.6. The molecule has 0 bridgehead atoms. The Morgan fingerprint density at radius 1 is 1.35 bits per heavy atom. The first-order valence-corrected chi connectivity index (χ1v) is 7.55. The second kappa shape index (κ2) is 5.83. The highest BCUT2D eigenvalue weighted by Gasteiger charge is 2.34. The van der Waals surface area contributed by atoms with Crippen molar-refractivity contribution in [2.24, 2.45) is 0 Å². The van der Waals surface area contributed by atoms with Crippen molar-refractivity contribution in [2.45, 2.75) is 32.4 Å². The highest BCUT2D eigenvalue weighted by molar-refractivity contribution is 5.72. The number of hydrogen-bond acceptors (Lipinski definition) is 4. The Balaban J connectivity index is 1.95. The molecule has 1 aliphatic heterocycles. The molecule has 3 rings (SSSR count). The van der Waals surface area contributed by atoms with Crippen molar-refractivity contribution >= 4 is 5.97 Å². The van der Waals surface area contributed by atoms with Crippen molar-refractivity contribution in [3.8, 4) is 5.75 Å². The highest BCUT2D eigenvalue weighted by Crippen LogP contribution is 2.41. The van der Waals surface area contributed by atoms with Crippen LogP contribution in [0.5, 0.6) is 5.75 Å². The number of hydrogen-bond donors (Lipinski definition) is 3. The lowest BCUT2D eigenvalue weighted by atomic mass is 9.97. The van der Waals surface area contributed by atoms with Gasteiger partial charge in [-0.3, -0.25) is 4.79 Å². The van der Waals surface area contributed by atoms with Crippen molar-refractivity contribution in [1.82, 2.24) is 4.90 Å². The van der Waals surface area contributed by atoms with Crippen LogP contribution in [0.25, 0.3) is 0 Å². The quantitative estimate of drug-likeness (QED) is 0.796. The lowest BCUT2D eigenvalue weighted by Crippen LogP contribution is -2.28. The predicted octanol–water partition coefficient (Wildman–Crippen LogP) is 3.10. The fraction of sp³-hybridized carbons (Fsp3) is 0.278. The molecule has 1 heterocycles. The SMILES string of the molecule is CC1C(CC(=O)O)=C2CC=C(O)C=C2N1Cc1cccc(O)c1. The van der Waals surface area contributed by atoms with Crippen LogP contribution < -0.4 is 0 Å². The first-order chi connectivity index (χ1) is 11.0. The van der Waals surface area contributed by atoms with E-state index in [0.717, 1.165) is 22.4 Å². The number of carboxylic acid groups (broad SMARTS) is 1. The molecule has 0 fully saturated rings. The molecule has 0 spiro atoms. The van der Waals surface area contributed by atoms with Gasteiger partial charge in [0.1, 0.15) is 11.5 Å². The van der Waals surface area contributed by atoms with Crippen LogP contribution in [0.4, 0.5) is 0 Å². The van der Waals surface area contributed by atoms with E-state index in [1.165, 1.54) is 0 Å². The smallest absolute Gasteiger partial charge is 0.307 e. The van der Waals surface area contributed by atoms with Gasteiger partial charge < -0.3 is 20.2 Å². The molecule has 1 atom stereocenters. The number of aromatic hydroxyl groups is 1. The number of aliphatic hydroxyl groups excluding tert-OH is 1. The third-order valence-electron chi connectivity index (χ3n) is 4.38. The number of fused-ring (bicyclic) bond motifs is 1. The number of aliphatic carboxylic acids is 1. The normalized spacial score (nSPS) is 20.2. The largest absolute Gasteiger partial charge is 0.508 e. The number of rotatable bonds is 4. The van der Waals surface area contributed by atoms with Gasteiger partial charge >= 0.3 is 5.97 Å². The van der Waals surface area contributed by atoms with E-state index in [0.29, 0.717) is 13.0 Å². The van der Waals surface area contributed by atoms with Crippen molar-refractivity contribution in [3.05, 3.63) is 64.6 Å². The van der Waals surface area contributed by atoms with Crippen LogP contribution in [-0.4, -0.2) is 32.2 Å². The van der Waals surface area contributed by atoms with Gasteiger partial charge in [0.15, 0.2) is 0 Å². The minimum Gasteiger partial charge on any atom is -0.508 e. The number of phenolic OH excluding ortho intramolecular Hbond substituents is 1. The summed E-state index contributed by atoms with van der Waals surface area (Å²) in [6, 6.07) is 6.95. The van der Waals surface area contributed by atoms with Gasteiger partial charge in [-0.15, -0.1) is 0 Å². The second-order valence-electron chi connectivity index (χ2n) is 5.91. The Morgan fingerprint density at radius 2 is 2.13 bits per heavy atom. The summed E-state index contributed by atoms with van der Waals surface area (Å²) in [7, 11) is 0. The summed E-state index contributed by atoms with van der Waals surface area (Å²) in [4.78, 5) is 13.3. The summed E-state index contributed by atoms with van der Waals surface area (Å²) in [5.41, 5.74) is 3.67. The fourth-order valence-electron chi connectivity index (χ4n) is 3.29. The zero-order valence-corrected chi connectivity index (χ0v) is 12.9. The molecule has 0 radical (unpaired) electrons. The van der Waals surface area contributed by atoms with Gasteiger partial charge in [-0.05, 0) is 48.3 Å². The van der Waals surface area contributed by atoms with Crippen LogP contribution in [0.2, 0.25) is 0 Å². The molecular weight excluding hydrogens is 294 g/mol. The van der Waals surface area contributed by atoms with Gasteiger partial charge in [0.25, 0.3) is 0 Å². The molecule has 23 heavy (non-hydrogen) atoms. The van der Waals surface area contributed by atoms with E-state index in [1.807, 2.05) is 13.0 Å². The summed E-state index contributed by atoms with van der Waals surface area (Å²) < 4.78 is 0. The lowest BCUT2D eigenvalue weighted by Gasteiger charge is -2.28. The van der Waals surface area contributed by atoms with E-state index >= 15 is 0 Å². The fourth-order valence-corrected chi connectivity index (χ4v) is 3.29. The van der Waals surface area contributed by atoms with Crippen molar-refractivity contribution in [1.29, 1.82) is 0 Å². The predicted molar refractivity (Wildman–Crippen MR) is 85.8 cm³/mol. The van der Waals surface area contributed by atoms with Crippen LogP contribution >= 0.6 is 0 Å². The molecule has 3 N–H and O–H groups in total. The number of aliphatic hydroxyl groups is 1. The maximum Gasteiger partial charge on any atom is 0.307 e. The number of carbonyl (C=O) groups is 1. The standard InChI is InChI=1S/C18H19NO4/c1-11-16(9-18(22)23)15-6-5-14(21)8-17(15)19(11)10-12-3-2-4-13(20)7-12/h2-5,7-8,11,20-21H,6,9-10H2,1H3,(H,22,23). The van der Waals surface area contributed by atoms with Crippen molar-refractivity contribution < 1.29 is 20.1 Å². The molecule has 0 aromatic heterocycles. The van der Waals surface area contributed by atoms with Gasteiger partial charge in [-0.25, -0.2) is 0 Å². The second-order valence-corrected chi connectivity index (χ2v) is 5.91. The number of benzene rings is 1. The Hall–Kier alpha value is -2.69. The highest BCUT2D eigenvalue weighted by atomic mass is 16.4. The average Bonchev–Trinajstić information content (AvgIpc) is 2.72. The third-order valence-corrected chi connectivity index (χ3v) is 4.38. The Bertz CT molecular complexity index is 745. The van der Waals surface area contributed by atoms with E-state index < -0.39 is 5.97 Å². The number of allylic oxidation sites excluding steroid dienone is 3. The monoisotopic (exact) mass is 313 g/mol. The molecule has 5 nitrogen and oxygen atoms in total. The van der Waals surface area contributed by atoms with Gasteiger partial charge in [-0.2, -0.15) is 0 Å². The molecule has 1 aliphatic carbocycles. The van der Waals surface area contributed by atoms with Gasteiger partial charge in [0.05, 0.1) is 6.42 Å². The lowest BCUT2D eigenvalue weighted by molar-refractivity contribution is -0.136. The Kier molecular flexibility index (Phi) is 3.86. The topological polar surface area (TPSA) is 81.0 Å². The summed E-state index contributed by atoms with van der Waals surface area (Å²) >= 11 is 0. The maximum absolute atomic E-state index is 11.2. The van der Waals surface area contributed by atoms with Crippen LogP contribution in [-0.2, 0) is 11.3 Å². The molecule has 0 amide bonds. The molecule has 1 aromatic carbocycles. The van der Waals surface area contributed by atoms with Crippen LogP contribution in [0, 0.1) is 0 Å². The molecule has 5 heteroatoms. The molecule has 0 saturated heterocycles. The van der Waals surface area contributed by atoms with Crippen LogP contribution in [0.3, 0.4) is 0 Å². The minimum atomic E-state index is -0.850. The maximum atomic E-state index is 11.2. The molecular formula is C18H19NO4. The molecule has 1 unspecified atom stereocenters. The Labute approximate surface area is 134 Å². The van der Waals surface area contributed by atoms with Gasteiger partial charge in [-0.1, -0.05) is 12.1 Å². The Morgan fingerprint density at radius 3 is 2.83 bits per heavy atom. The zero-order valence-electron chi connectivity index (χ0n) is 12.9.